The van der Waals surface area contributed by atoms with Gasteiger partial charge in [0.1, 0.15) is 0 Å². The maximum Gasteiger partial charge on any atom is 0.573 e. The van der Waals surface area contributed by atoms with Crippen molar-refractivity contribution >= 4 is 11.6 Å². The van der Waals surface area contributed by atoms with Crippen LogP contribution in [0.3, 0.4) is 0 Å². The second-order valence-electron chi connectivity index (χ2n) is 2.98. The van der Waals surface area contributed by atoms with Crippen molar-refractivity contribution in [3.05, 3.63) is 27.7 Å². The molecule has 0 fully saturated rings. The van der Waals surface area contributed by atoms with E-state index in [1.54, 1.807) is 6.07 Å². The summed E-state index contributed by atoms with van der Waals surface area (Å²) in [6, 6.07) is 2.64. The number of nitrogens with one attached hydrogen (secondary N) is 1. The van der Waals surface area contributed by atoms with Gasteiger partial charge in [-0.05, 0) is 11.6 Å². The number of ether oxygens (including phenoxy) is 1. The van der Waals surface area contributed by atoms with Gasteiger partial charge in [0.15, 0.2) is 5.75 Å². The van der Waals surface area contributed by atoms with Crippen LogP contribution in [-0.2, 0) is 12.3 Å². The average molecular weight is 267 g/mol. The maximum absolute atomic E-state index is 11.9. The van der Waals surface area contributed by atoms with E-state index in [1.165, 1.54) is 0 Å². The Morgan fingerprint density at radius 1 is 1.53 bits per heavy atom. The molecule has 0 unspecified atom stereocenters. The first-order valence-electron chi connectivity index (χ1n) is 4.31. The second-order valence-corrected chi connectivity index (χ2v) is 3.25. The van der Waals surface area contributed by atoms with Crippen LogP contribution in [-0.4, -0.2) is 11.3 Å². The summed E-state index contributed by atoms with van der Waals surface area (Å²) >= 11 is 5.50. The third-order valence-corrected chi connectivity index (χ3v) is 2.09. The number of hydrogen-bond acceptors (Lipinski definition) is 3. The van der Waals surface area contributed by atoms with Gasteiger partial charge in [-0.3, -0.25) is 4.79 Å². The van der Waals surface area contributed by atoms with Crippen LogP contribution < -0.4 is 10.3 Å². The molecular weight excluding hydrogens is 261 g/mol. The lowest BCUT2D eigenvalue weighted by Crippen LogP contribution is -2.23. The summed E-state index contributed by atoms with van der Waals surface area (Å²) < 4.78 is 39.4. The first kappa shape index (κ1) is 13.4. The van der Waals surface area contributed by atoms with Gasteiger partial charge in [0.05, 0.1) is 12.5 Å². The van der Waals surface area contributed by atoms with E-state index in [9.17, 15) is 18.0 Å². The van der Waals surface area contributed by atoms with E-state index >= 15 is 0 Å². The molecule has 0 amide bonds. The normalized spacial score (nSPS) is 11.0. The number of nitriles is 1. The molecule has 0 saturated heterocycles. The minimum Gasteiger partial charge on any atom is -0.400 e. The first-order valence-corrected chi connectivity index (χ1v) is 4.84. The van der Waals surface area contributed by atoms with Gasteiger partial charge >= 0.3 is 6.36 Å². The number of pyridine rings is 1. The molecule has 1 rings (SSSR count). The molecular formula is C9H6ClF3N2O2. The van der Waals surface area contributed by atoms with Crippen molar-refractivity contribution in [3.8, 4) is 11.8 Å². The molecule has 0 radical (unpaired) electrons. The molecule has 17 heavy (non-hydrogen) atoms. The number of rotatable bonds is 3. The monoisotopic (exact) mass is 266 g/mol. The van der Waals surface area contributed by atoms with E-state index in [0.29, 0.717) is 0 Å². The van der Waals surface area contributed by atoms with Crippen LogP contribution in [0.15, 0.2) is 10.9 Å². The number of aromatic nitrogens is 1. The van der Waals surface area contributed by atoms with Crippen molar-refractivity contribution in [1.29, 1.82) is 5.26 Å². The Morgan fingerprint density at radius 2 is 2.18 bits per heavy atom. The van der Waals surface area contributed by atoms with Crippen LogP contribution >= 0.6 is 11.6 Å². The van der Waals surface area contributed by atoms with Crippen LogP contribution in [0.5, 0.6) is 5.75 Å². The predicted octanol–water partition coefficient (Wildman–Crippen LogP) is 2.08. The summed E-state index contributed by atoms with van der Waals surface area (Å²) in [5, 5.41) is 8.46. The predicted molar refractivity (Wildman–Crippen MR) is 52.6 cm³/mol. The number of aromatic amines is 1. The Bertz CT molecular complexity index is 504. The van der Waals surface area contributed by atoms with Crippen LogP contribution in [0.1, 0.15) is 11.3 Å². The molecule has 0 aromatic carbocycles. The van der Waals surface area contributed by atoms with Gasteiger partial charge in [0, 0.05) is 11.6 Å². The van der Waals surface area contributed by atoms with Gasteiger partial charge in [0.2, 0.25) is 0 Å². The molecule has 0 aliphatic carbocycles. The maximum atomic E-state index is 11.9. The molecule has 92 valence electrons. The lowest BCUT2D eigenvalue weighted by Gasteiger charge is -2.10. The van der Waals surface area contributed by atoms with E-state index in [-0.39, 0.29) is 23.6 Å². The van der Waals surface area contributed by atoms with Crippen LogP contribution in [0.2, 0.25) is 0 Å². The van der Waals surface area contributed by atoms with Gasteiger partial charge in [-0.15, -0.1) is 24.8 Å². The molecule has 1 N–H and O–H groups in total. The standard InChI is InChI=1S/C9H6ClF3N2O2/c10-4-5-3-7(17-9(11,12)13)8(16)15-6(5)1-2-14/h3H,1,4H2,(H,15,16). The summed E-state index contributed by atoms with van der Waals surface area (Å²) in [6.07, 6.45) is -5.10. The first-order chi connectivity index (χ1) is 7.87. The topological polar surface area (TPSA) is 65.9 Å². The molecule has 0 saturated carbocycles. The Hall–Kier alpha value is -1.68. The summed E-state index contributed by atoms with van der Waals surface area (Å²) in [5.41, 5.74) is -0.657. The van der Waals surface area contributed by atoms with Gasteiger partial charge < -0.3 is 9.72 Å². The highest BCUT2D eigenvalue weighted by Gasteiger charge is 2.32. The number of nitrogens with zero attached hydrogens (tertiary/aromatic N) is 1. The lowest BCUT2D eigenvalue weighted by atomic mass is 10.1. The number of hydrogen-bond donors (Lipinski definition) is 1. The fourth-order valence-electron chi connectivity index (χ4n) is 1.15. The molecule has 0 atom stereocenters. The molecule has 0 aliphatic rings. The zero-order valence-corrected chi connectivity index (χ0v) is 9.02. The summed E-state index contributed by atoms with van der Waals surface area (Å²) in [7, 11) is 0. The second kappa shape index (κ2) is 5.10. The van der Waals surface area contributed by atoms with Gasteiger partial charge in [-0.1, -0.05) is 0 Å². The van der Waals surface area contributed by atoms with Crippen LogP contribution in [0, 0.1) is 11.3 Å². The third-order valence-electron chi connectivity index (χ3n) is 1.81. The summed E-state index contributed by atoms with van der Waals surface area (Å²) in [4.78, 5) is 13.4. The molecule has 1 aromatic rings. The molecule has 1 heterocycles. The minimum absolute atomic E-state index is 0.137. The lowest BCUT2D eigenvalue weighted by molar-refractivity contribution is -0.275. The highest BCUT2D eigenvalue weighted by Crippen LogP contribution is 2.21. The molecule has 0 bridgehead atoms. The smallest absolute Gasteiger partial charge is 0.400 e. The third kappa shape index (κ3) is 3.67. The molecule has 8 heteroatoms. The SMILES string of the molecule is N#CCc1[nH]c(=O)c(OC(F)(F)F)cc1CCl. The van der Waals surface area contributed by atoms with Crippen molar-refractivity contribution in [2.75, 3.05) is 0 Å². The molecule has 0 spiro atoms. The molecule has 1 aromatic heterocycles. The van der Waals surface area contributed by atoms with Crippen molar-refractivity contribution in [3.63, 3.8) is 0 Å². The molecule has 4 nitrogen and oxygen atoms in total. The summed E-state index contributed by atoms with van der Waals surface area (Å²) in [6.45, 7) is 0. The highest BCUT2D eigenvalue weighted by molar-refractivity contribution is 6.17. The number of halogens is 4. The van der Waals surface area contributed by atoms with E-state index < -0.39 is 17.7 Å². The van der Waals surface area contributed by atoms with Crippen LogP contribution in [0.25, 0.3) is 0 Å². The van der Waals surface area contributed by atoms with Crippen LogP contribution in [0.4, 0.5) is 13.2 Å². The fraction of sp³-hybridized carbons (Fsp3) is 0.333. The van der Waals surface area contributed by atoms with Crippen molar-refractivity contribution in [1.82, 2.24) is 4.98 Å². The Morgan fingerprint density at radius 3 is 2.65 bits per heavy atom. The Labute approximate surface area is 98.6 Å². The van der Waals surface area contributed by atoms with Gasteiger partial charge in [-0.25, -0.2) is 0 Å². The van der Waals surface area contributed by atoms with Crippen molar-refractivity contribution < 1.29 is 17.9 Å². The highest BCUT2D eigenvalue weighted by atomic mass is 35.5. The average Bonchev–Trinajstić information content (AvgIpc) is 2.20. The van der Waals surface area contributed by atoms with E-state index in [1.807, 2.05) is 0 Å². The van der Waals surface area contributed by atoms with E-state index in [0.717, 1.165) is 6.07 Å². The Kier molecular flexibility index (Phi) is 4.02. The van der Waals surface area contributed by atoms with Crippen molar-refractivity contribution in [2.24, 2.45) is 0 Å². The Balaban J connectivity index is 3.19. The van der Waals surface area contributed by atoms with Gasteiger partial charge in [-0.2, -0.15) is 5.26 Å². The largest absolute Gasteiger partial charge is 0.573 e. The van der Waals surface area contributed by atoms with E-state index in [4.69, 9.17) is 16.9 Å². The van der Waals surface area contributed by atoms with E-state index in [2.05, 4.69) is 9.72 Å². The number of H-pyrrole nitrogens is 1. The van der Waals surface area contributed by atoms with Crippen molar-refractivity contribution in [2.45, 2.75) is 18.7 Å². The quantitative estimate of drug-likeness (QED) is 0.852. The zero-order valence-electron chi connectivity index (χ0n) is 8.27. The zero-order chi connectivity index (χ0) is 13.1. The summed E-state index contributed by atoms with van der Waals surface area (Å²) in [5.74, 6) is -1.03. The molecule has 0 aliphatic heterocycles. The fourth-order valence-corrected chi connectivity index (χ4v) is 1.38. The number of alkyl halides is 4. The minimum atomic E-state index is -4.95. The van der Waals surface area contributed by atoms with Gasteiger partial charge in [0.25, 0.3) is 5.56 Å².